The zero-order valence-corrected chi connectivity index (χ0v) is 15.2. The van der Waals surface area contributed by atoms with Gasteiger partial charge in [-0.05, 0) is 24.3 Å². The van der Waals surface area contributed by atoms with Gasteiger partial charge in [-0.1, -0.05) is 24.3 Å². The number of oxazole rings is 1. The maximum absolute atomic E-state index is 14.0. The molecule has 4 rings (SSSR count). The van der Waals surface area contributed by atoms with E-state index in [0.717, 1.165) is 0 Å². The Balaban J connectivity index is 1.65. The first-order valence-electron chi connectivity index (χ1n) is 8.98. The predicted molar refractivity (Wildman–Crippen MR) is 101 cm³/mol. The molecule has 1 N–H and O–H groups in total. The molecule has 148 valence electrons. The topological polar surface area (TPSA) is 92.9 Å². The minimum absolute atomic E-state index is 0.0471. The first kappa shape index (κ1) is 18.8. The molecule has 0 bridgehead atoms. The second-order valence-electron chi connectivity index (χ2n) is 6.50. The van der Waals surface area contributed by atoms with E-state index in [4.69, 9.17) is 14.3 Å². The number of rotatable bonds is 4. The van der Waals surface area contributed by atoms with Crippen LogP contribution in [0.5, 0.6) is 0 Å². The molecule has 3 aromatic rings. The highest BCUT2D eigenvalue weighted by atomic mass is 19.1. The average molecular weight is 396 g/mol. The smallest absolute Gasteiger partial charge is 0.334 e. The van der Waals surface area contributed by atoms with E-state index in [-0.39, 0.29) is 42.8 Å². The summed E-state index contributed by atoms with van der Waals surface area (Å²) in [6.07, 6.45) is 0.346. The number of carboxylic acids is 1. The van der Waals surface area contributed by atoms with Crippen LogP contribution in [0.4, 0.5) is 4.39 Å². The van der Waals surface area contributed by atoms with Crippen molar-refractivity contribution >= 4 is 11.9 Å². The Kier molecular flexibility index (Phi) is 5.09. The van der Waals surface area contributed by atoms with Crippen LogP contribution in [-0.2, 0) is 9.53 Å². The lowest BCUT2D eigenvalue weighted by Crippen LogP contribution is -2.48. The van der Waals surface area contributed by atoms with Gasteiger partial charge in [0.2, 0.25) is 5.89 Å². The Morgan fingerprint density at radius 2 is 1.83 bits per heavy atom. The first-order valence-corrected chi connectivity index (χ1v) is 8.98. The number of carboxylic acid groups (broad SMARTS) is 1. The zero-order chi connectivity index (χ0) is 20.4. The maximum atomic E-state index is 14.0. The number of carbonyl (C=O) groups excluding carboxylic acids is 1. The molecular weight excluding hydrogens is 379 g/mol. The van der Waals surface area contributed by atoms with Crippen LogP contribution in [-0.4, -0.2) is 52.7 Å². The summed E-state index contributed by atoms with van der Waals surface area (Å²) in [6.45, 7) is 0.374. The van der Waals surface area contributed by atoms with Crippen LogP contribution in [0.3, 0.4) is 0 Å². The lowest BCUT2D eigenvalue weighted by molar-refractivity contribution is -0.154. The maximum Gasteiger partial charge on any atom is 0.334 e. The highest BCUT2D eigenvalue weighted by molar-refractivity contribution is 6.00. The van der Waals surface area contributed by atoms with Crippen molar-refractivity contribution in [2.45, 2.75) is 6.10 Å². The fraction of sp³-hybridized carbons (Fsp3) is 0.190. The van der Waals surface area contributed by atoms with Crippen LogP contribution in [0, 0.1) is 5.82 Å². The number of carbonyl (C=O) groups is 2. The summed E-state index contributed by atoms with van der Waals surface area (Å²) in [5.74, 6) is -1.47. The van der Waals surface area contributed by atoms with E-state index in [2.05, 4.69) is 4.98 Å². The molecular formula is C21H17FN2O5. The van der Waals surface area contributed by atoms with Gasteiger partial charge in [-0.2, -0.15) is 0 Å². The Labute approximate surface area is 165 Å². The van der Waals surface area contributed by atoms with E-state index >= 15 is 0 Å². The van der Waals surface area contributed by atoms with E-state index in [1.807, 2.05) is 0 Å². The predicted octanol–water partition coefficient (Wildman–Crippen LogP) is 3.07. The fourth-order valence-corrected chi connectivity index (χ4v) is 3.19. The summed E-state index contributed by atoms with van der Waals surface area (Å²) in [5.41, 5.74) is 1.03. The molecule has 8 heteroatoms. The van der Waals surface area contributed by atoms with Crippen molar-refractivity contribution in [3.63, 3.8) is 0 Å². The second kappa shape index (κ2) is 7.84. The van der Waals surface area contributed by atoms with E-state index in [1.54, 1.807) is 42.5 Å². The number of ether oxygens (including phenoxy) is 1. The normalized spacial score (nSPS) is 16.6. The van der Waals surface area contributed by atoms with Crippen molar-refractivity contribution in [2.24, 2.45) is 0 Å². The Morgan fingerprint density at radius 3 is 2.59 bits per heavy atom. The SMILES string of the molecule is O=C(O)C1CN(C(=O)c2ccccc2-c2ncc(-c3ccccc3F)o2)CCO1. The molecule has 2 heterocycles. The molecule has 1 atom stereocenters. The van der Waals surface area contributed by atoms with E-state index < -0.39 is 17.9 Å². The number of aromatic nitrogens is 1. The molecule has 0 radical (unpaired) electrons. The molecule has 1 amide bonds. The third-order valence-corrected chi connectivity index (χ3v) is 4.66. The quantitative estimate of drug-likeness (QED) is 0.729. The third kappa shape index (κ3) is 3.74. The van der Waals surface area contributed by atoms with Crippen LogP contribution >= 0.6 is 0 Å². The molecule has 1 aliphatic rings. The van der Waals surface area contributed by atoms with Gasteiger partial charge in [-0.25, -0.2) is 14.2 Å². The van der Waals surface area contributed by atoms with Crippen LogP contribution < -0.4 is 0 Å². The molecule has 1 aliphatic heterocycles. The lowest BCUT2D eigenvalue weighted by atomic mass is 10.1. The Morgan fingerprint density at radius 1 is 1.10 bits per heavy atom. The monoisotopic (exact) mass is 396 g/mol. The van der Waals surface area contributed by atoms with E-state index in [0.29, 0.717) is 11.1 Å². The number of benzene rings is 2. The molecule has 7 nitrogen and oxygen atoms in total. The van der Waals surface area contributed by atoms with E-state index in [1.165, 1.54) is 17.2 Å². The average Bonchev–Trinajstić information content (AvgIpc) is 3.23. The van der Waals surface area contributed by atoms with Crippen molar-refractivity contribution < 1.29 is 28.2 Å². The third-order valence-electron chi connectivity index (χ3n) is 4.66. The molecule has 1 aromatic heterocycles. The number of halogens is 1. The number of morpholine rings is 1. The molecule has 1 fully saturated rings. The van der Waals surface area contributed by atoms with Gasteiger partial charge in [0.25, 0.3) is 5.91 Å². The summed E-state index contributed by atoms with van der Waals surface area (Å²) >= 11 is 0. The van der Waals surface area contributed by atoms with Crippen molar-refractivity contribution in [3.8, 4) is 22.8 Å². The van der Waals surface area contributed by atoms with Gasteiger partial charge in [-0.15, -0.1) is 0 Å². The van der Waals surface area contributed by atoms with Gasteiger partial charge in [-0.3, -0.25) is 4.79 Å². The van der Waals surface area contributed by atoms with Gasteiger partial charge in [0.15, 0.2) is 11.9 Å². The highest BCUT2D eigenvalue weighted by Gasteiger charge is 2.31. The van der Waals surface area contributed by atoms with Gasteiger partial charge in [0.05, 0.1) is 30.5 Å². The van der Waals surface area contributed by atoms with Crippen LogP contribution in [0.25, 0.3) is 22.8 Å². The summed E-state index contributed by atoms with van der Waals surface area (Å²) in [7, 11) is 0. The summed E-state index contributed by atoms with van der Waals surface area (Å²) in [5, 5.41) is 9.16. The number of hydrogen-bond acceptors (Lipinski definition) is 5. The Bertz CT molecular complexity index is 1060. The minimum Gasteiger partial charge on any atom is -0.479 e. The van der Waals surface area contributed by atoms with Gasteiger partial charge >= 0.3 is 5.97 Å². The van der Waals surface area contributed by atoms with Crippen LogP contribution in [0.1, 0.15) is 10.4 Å². The van der Waals surface area contributed by atoms with Crippen molar-refractivity contribution in [1.82, 2.24) is 9.88 Å². The van der Waals surface area contributed by atoms with Gasteiger partial charge in [0, 0.05) is 12.1 Å². The van der Waals surface area contributed by atoms with Crippen molar-refractivity contribution in [3.05, 3.63) is 66.1 Å². The molecule has 0 aliphatic carbocycles. The van der Waals surface area contributed by atoms with Crippen molar-refractivity contribution in [2.75, 3.05) is 19.7 Å². The molecule has 0 saturated carbocycles. The van der Waals surface area contributed by atoms with Crippen LogP contribution in [0.2, 0.25) is 0 Å². The number of hydrogen-bond donors (Lipinski definition) is 1. The molecule has 29 heavy (non-hydrogen) atoms. The lowest BCUT2D eigenvalue weighted by Gasteiger charge is -2.31. The number of amides is 1. The van der Waals surface area contributed by atoms with Gasteiger partial charge in [0.1, 0.15) is 5.82 Å². The standard InChI is InChI=1S/C21H17FN2O5/c22-16-8-4-3-7-15(16)17-11-23-19(29-17)13-5-1-2-6-14(13)20(25)24-9-10-28-18(12-24)21(26)27/h1-8,11,18H,9-10,12H2,(H,26,27). The first-order chi connectivity index (χ1) is 14.0. The highest BCUT2D eigenvalue weighted by Crippen LogP contribution is 2.30. The number of aliphatic carboxylic acids is 1. The summed E-state index contributed by atoms with van der Waals surface area (Å²) < 4.78 is 24.9. The summed E-state index contributed by atoms with van der Waals surface area (Å²) in [4.78, 5) is 29.9. The van der Waals surface area contributed by atoms with Gasteiger partial charge < -0.3 is 19.2 Å². The van der Waals surface area contributed by atoms with Crippen LogP contribution in [0.15, 0.2) is 59.1 Å². The van der Waals surface area contributed by atoms with E-state index in [9.17, 15) is 14.0 Å². The number of nitrogens with zero attached hydrogens (tertiary/aromatic N) is 2. The molecule has 1 saturated heterocycles. The zero-order valence-electron chi connectivity index (χ0n) is 15.2. The molecule has 1 unspecified atom stereocenters. The minimum atomic E-state index is -1.11. The van der Waals surface area contributed by atoms with Crippen molar-refractivity contribution in [1.29, 1.82) is 0 Å². The molecule has 2 aromatic carbocycles. The molecule has 0 spiro atoms. The summed E-state index contributed by atoms with van der Waals surface area (Å²) in [6, 6.07) is 12.9. The largest absolute Gasteiger partial charge is 0.479 e. The Hall–Kier alpha value is -3.52. The second-order valence-corrected chi connectivity index (χ2v) is 6.50. The fourth-order valence-electron chi connectivity index (χ4n) is 3.19.